The van der Waals surface area contributed by atoms with E-state index in [4.69, 9.17) is 9.72 Å². The van der Waals surface area contributed by atoms with Crippen molar-refractivity contribution in [3.05, 3.63) is 60.4 Å². The van der Waals surface area contributed by atoms with Crippen LogP contribution < -0.4 is 4.74 Å². The van der Waals surface area contributed by atoms with Crippen LogP contribution in [0.2, 0.25) is 0 Å². The van der Waals surface area contributed by atoms with Gasteiger partial charge in [-0.2, -0.15) is 0 Å². The zero-order valence-electron chi connectivity index (χ0n) is 13.3. The molecule has 1 aliphatic rings. The molecular weight excluding hydrogens is 284 g/mol. The number of unbranched alkanes of at least 4 members (excludes halogenated alkanes) is 1. The normalized spacial score (nSPS) is 14.3. The Morgan fingerprint density at radius 2 is 1.74 bits per heavy atom. The summed E-state index contributed by atoms with van der Waals surface area (Å²) < 4.78 is 8.20. The summed E-state index contributed by atoms with van der Waals surface area (Å²) in [6, 6.07) is 18.5. The maximum atomic E-state index is 5.78. The van der Waals surface area contributed by atoms with Crippen molar-refractivity contribution in [2.45, 2.75) is 38.1 Å². The van der Waals surface area contributed by atoms with E-state index in [0.29, 0.717) is 5.92 Å². The molecule has 0 aliphatic heterocycles. The third-order valence-electron chi connectivity index (χ3n) is 4.41. The fourth-order valence-electron chi connectivity index (χ4n) is 3.06. The molecular formula is C20H22N2O. The molecule has 0 amide bonds. The Balaban J connectivity index is 1.37. The molecule has 1 fully saturated rings. The Hall–Kier alpha value is -2.29. The summed E-state index contributed by atoms with van der Waals surface area (Å²) in [5.41, 5.74) is 2.41. The molecule has 0 atom stereocenters. The highest BCUT2D eigenvalue weighted by molar-refractivity contribution is 5.76. The zero-order chi connectivity index (χ0) is 15.5. The van der Waals surface area contributed by atoms with Gasteiger partial charge in [0.25, 0.3) is 0 Å². The SMILES string of the molecule is c1ccc(OCCCCn2c(C3CC3)nc3ccccc32)cc1. The van der Waals surface area contributed by atoms with Gasteiger partial charge in [0, 0.05) is 12.5 Å². The topological polar surface area (TPSA) is 27.1 Å². The maximum Gasteiger partial charge on any atom is 0.119 e. The van der Waals surface area contributed by atoms with Crippen LogP contribution in [-0.4, -0.2) is 16.2 Å². The van der Waals surface area contributed by atoms with Crippen LogP contribution in [0.3, 0.4) is 0 Å². The quantitative estimate of drug-likeness (QED) is 0.588. The first kappa shape index (κ1) is 14.3. The Labute approximate surface area is 136 Å². The van der Waals surface area contributed by atoms with E-state index in [2.05, 4.69) is 28.8 Å². The number of fused-ring (bicyclic) bond motifs is 1. The lowest BCUT2D eigenvalue weighted by atomic mass is 10.3. The van der Waals surface area contributed by atoms with E-state index in [1.807, 2.05) is 30.3 Å². The van der Waals surface area contributed by atoms with Gasteiger partial charge in [-0.3, -0.25) is 0 Å². The van der Waals surface area contributed by atoms with E-state index in [-0.39, 0.29) is 0 Å². The Kier molecular flexibility index (Phi) is 4.01. The number of ether oxygens (including phenoxy) is 1. The number of aryl methyl sites for hydroxylation is 1. The highest BCUT2D eigenvalue weighted by Gasteiger charge is 2.29. The largest absolute Gasteiger partial charge is 0.494 e. The standard InChI is InChI=1S/C20H22N2O/c1-2-8-17(9-3-1)23-15-7-6-14-22-19-11-5-4-10-18(19)21-20(22)16-12-13-16/h1-5,8-11,16H,6-7,12-15H2. The first-order chi connectivity index (χ1) is 11.4. The lowest BCUT2D eigenvalue weighted by Gasteiger charge is -2.09. The minimum absolute atomic E-state index is 0.683. The molecule has 2 aromatic carbocycles. The molecule has 0 unspecified atom stereocenters. The summed E-state index contributed by atoms with van der Waals surface area (Å²) in [5.74, 6) is 2.93. The van der Waals surface area contributed by atoms with Gasteiger partial charge in [0.05, 0.1) is 17.6 Å². The average molecular weight is 306 g/mol. The first-order valence-corrected chi connectivity index (χ1v) is 8.55. The van der Waals surface area contributed by atoms with E-state index < -0.39 is 0 Å². The second-order valence-electron chi connectivity index (χ2n) is 6.25. The molecule has 3 aromatic rings. The van der Waals surface area contributed by atoms with E-state index >= 15 is 0 Å². The summed E-state index contributed by atoms with van der Waals surface area (Å²) in [4.78, 5) is 4.85. The summed E-state index contributed by atoms with van der Waals surface area (Å²) in [6.45, 7) is 1.81. The number of benzene rings is 2. The summed E-state index contributed by atoms with van der Waals surface area (Å²) in [5, 5.41) is 0. The lowest BCUT2D eigenvalue weighted by Crippen LogP contribution is -2.05. The van der Waals surface area contributed by atoms with Crippen LogP contribution >= 0.6 is 0 Å². The van der Waals surface area contributed by atoms with Crippen LogP contribution in [0.4, 0.5) is 0 Å². The van der Waals surface area contributed by atoms with E-state index in [0.717, 1.165) is 37.3 Å². The van der Waals surface area contributed by atoms with Crippen LogP contribution in [0.15, 0.2) is 54.6 Å². The number of hydrogen-bond acceptors (Lipinski definition) is 2. The molecule has 4 rings (SSSR count). The van der Waals surface area contributed by atoms with Crippen LogP contribution in [0.5, 0.6) is 5.75 Å². The van der Waals surface area contributed by atoms with Gasteiger partial charge >= 0.3 is 0 Å². The average Bonchev–Trinajstić information content (AvgIpc) is 3.38. The van der Waals surface area contributed by atoms with Gasteiger partial charge in [-0.1, -0.05) is 30.3 Å². The number of rotatable bonds is 7. The minimum atomic E-state index is 0.683. The highest BCUT2D eigenvalue weighted by Crippen LogP contribution is 2.40. The van der Waals surface area contributed by atoms with E-state index in [9.17, 15) is 0 Å². The van der Waals surface area contributed by atoms with Crippen LogP contribution in [-0.2, 0) is 6.54 Å². The molecule has 0 bridgehead atoms. The molecule has 3 nitrogen and oxygen atoms in total. The number of aromatic nitrogens is 2. The summed E-state index contributed by atoms with van der Waals surface area (Å²) in [7, 11) is 0. The smallest absolute Gasteiger partial charge is 0.119 e. The zero-order valence-corrected chi connectivity index (χ0v) is 13.3. The number of hydrogen-bond donors (Lipinski definition) is 0. The monoisotopic (exact) mass is 306 g/mol. The summed E-state index contributed by atoms with van der Waals surface area (Å²) >= 11 is 0. The van der Waals surface area contributed by atoms with Crippen molar-refractivity contribution in [1.82, 2.24) is 9.55 Å². The third-order valence-corrected chi connectivity index (χ3v) is 4.41. The molecule has 23 heavy (non-hydrogen) atoms. The second kappa shape index (κ2) is 6.45. The molecule has 0 saturated heterocycles. The van der Waals surface area contributed by atoms with Crippen molar-refractivity contribution in [2.24, 2.45) is 0 Å². The Morgan fingerprint density at radius 3 is 2.57 bits per heavy atom. The summed E-state index contributed by atoms with van der Waals surface area (Å²) in [6.07, 6.45) is 4.76. The van der Waals surface area contributed by atoms with Gasteiger partial charge in [0.2, 0.25) is 0 Å². The van der Waals surface area contributed by atoms with Crippen LogP contribution in [0, 0.1) is 0 Å². The fraction of sp³-hybridized carbons (Fsp3) is 0.350. The van der Waals surface area contributed by atoms with Crippen molar-refractivity contribution in [2.75, 3.05) is 6.61 Å². The first-order valence-electron chi connectivity index (χ1n) is 8.55. The van der Waals surface area contributed by atoms with Crippen LogP contribution in [0.25, 0.3) is 11.0 Å². The molecule has 1 aromatic heterocycles. The van der Waals surface area contributed by atoms with Gasteiger partial charge in [-0.25, -0.2) is 4.98 Å². The van der Waals surface area contributed by atoms with Crippen molar-refractivity contribution in [1.29, 1.82) is 0 Å². The number of nitrogens with zero attached hydrogens (tertiary/aromatic N) is 2. The molecule has 3 heteroatoms. The second-order valence-corrected chi connectivity index (χ2v) is 6.25. The molecule has 1 saturated carbocycles. The van der Waals surface area contributed by atoms with E-state index in [1.165, 1.54) is 24.2 Å². The number of para-hydroxylation sites is 3. The van der Waals surface area contributed by atoms with Gasteiger partial charge in [-0.15, -0.1) is 0 Å². The minimum Gasteiger partial charge on any atom is -0.494 e. The van der Waals surface area contributed by atoms with Crippen molar-refractivity contribution in [3.8, 4) is 5.75 Å². The van der Waals surface area contributed by atoms with Gasteiger partial charge < -0.3 is 9.30 Å². The highest BCUT2D eigenvalue weighted by atomic mass is 16.5. The number of imidazole rings is 1. The molecule has 0 radical (unpaired) electrons. The predicted molar refractivity (Wildman–Crippen MR) is 92.9 cm³/mol. The third kappa shape index (κ3) is 3.24. The van der Waals surface area contributed by atoms with E-state index in [1.54, 1.807) is 0 Å². The molecule has 1 heterocycles. The van der Waals surface area contributed by atoms with Crippen molar-refractivity contribution < 1.29 is 4.74 Å². The van der Waals surface area contributed by atoms with Crippen molar-refractivity contribution in [3.63, 3.8) is 0 Å². The van der Waals surface area contributed by atoms with Crippen LogP contribution in [0.1, 0.15) is 37.4 Å². The Morgan fingerprint density at radius 1 is 0.957 bits per heavy atom. The lowest BCUT2D eigenvalue weighted by molar-refractivity contribution is 0.303. The molecule has 0 N–H and O–H groups in total. The van der Waals surface area contributed by atoms with Gasteiger partial charge in [0.15, 0.2) is 0 Å². The molecule has 1 aliphatic carbocycles. The molecule has 0 spiro atoms. The fourth-order valence-corrected chi connectivity index (χ4v) is 3.06. The maximum absolute atomic E-state index is 5.78. The van der Waals surface area contributed by atoms with Gasteiger partial charge in [0.1, 0.15) is 11.6 Å². The molecule has 118 valence electrons. The Bertz CT molecular complexity index is 775. The van der Waals surface area contributed by atoms with Crippen molar-refractivity contribution >= 4 is 11.0 Å². The van der Waals surface area contributed by atoms with Gasteiger partial charge in [-0.05, 0) is 49.9 Å². The predicted octanol–water partition coefficient (Wildman–Crippen LogP) is 4.77.